The van der Waals surface area contributed by atoms with Gasteiger partial charge in [-0.05, 0) is 31.9 Å². The van der Waals surface area contributed by atoms with Crippen molar-refractivity contribution in [2.75, 3.05) is 6.61 Å². The molecule has 8 nitrogen and oxygen atoms in total. The average Bonchev–Trinajstić information content (AvgIpc) is 3.13. The van der Waals surface area contributed by atoms with Crippen LogP contribution >= 0.6 is 0 Å². The lowest BCUT2D eigenvalue weighted by Gasteiger charge is -2.24. The van der Waals surface area contributed by atoms with Crippen LogP contribution in [0.5, 0.6) is 0 Å². The van der Waals surface area contributed by atoms with Crippen molar-refractivity contribution in [3.63, 3.8) is 0 Å². The molecule has 1 aromatic heterocycles. The number of aliphatic hydroxyl groups is 1. The van der Waals surface area contributed by atoms with Gasteiger partial charge in [0.25, 0.3) is 5.56 Å². The Hall–Kier alpha value is -2.26. The van der Waals surface area contributed by atoms with Crippen LogP contribution in [-0.4, -0.2) is 44.9 Å². The molecule has 0 saturated carbocycles. The number of aromatic nitrogens is 2. The minimum atomic E-state index is -0.843. The third-order valence-corrected chi connectivity index (χ3v) is 5.26. The van der Waals surface area contributed by atoms with Crippen LogP contribution in [0.1, 0.15) is 31.2 Å². The highest BCUT2D eigenvalue weighted by molar-refractivity contribution is 5.25. The first-order chi connectivity index (χ1) is 13.3. The summed E-state index contributed by atoms with van der Waals surface area (Å²) in [5.74, 6) is -0.843. The first-order valence-electron chi connectivity index (χ1n) is 9.29. The Labute approximate surface area is 161 Å². The summed E-state index contributed by atoms with van der Waals surface area (Å²) in [6.45, 7) is 5.40. The Balaban J connectivity index is 1.72. The third kappa shape index (κ3) is 3.22. The molecule has 150 valence electrons. The zero-order valence-corrected chi connectivity index (χ0v) is 16.1. The maximum atomic E-state index is 13.1. The van der Waals surface area contributed by atoms with Crippen LogP contribution in [0, 0.1) is 6.92 Å². The maximum absolute atomic E-state index is 13.1. The molecule has 0 radical (unpaired) electrons. The van der Waals surface area contributed by atoms with Crippen LogP contribution in [-0.2, 0) is 20.8 Å². The molecule has 8 heteroatoms. The first-order valence-corrected chi connectivity index (χ1v) is 9.29. The molecule has 0 unspecified atom stereocenters. The number of aliphatic hydroxyl groups excluding tert-OH is 1. The monoisotopic (exact) mass is 388 g/mol. The Morgan fingerprint density at radius 1 is 1.11 bits per heavy atom. The number of ether oxygens (including phenoxy) is 3. The fourth-order valence-electron chi connectivity index (χ4n) is 3.86. The van der Waals surface area contributed by atoms with Gasteiger partial charge in [0, 0.05) is 12.3 Å². The van der Waals surface area contributed by atoms with E-state index in [0.29, 0.717) is 0 Å². The summed E-state index contributed by atoms with van der Waals surface area (Å²) in [6, 6.07) is 8.94. The standard InChI is InChI=1S/C20H24N2O6/c1-12-6-4-5-7-13(12)10-22-15(24)8-9-21(19(22)25)18-17-16(14(11-23)26-18)27-20(2,3)28-17/h4-9,14,16-18,23H,10-11H2,1-3H3/t14-,16-,17-,18-/m1/s1. The third-order valence-electron chi connectivity index (χ3n) is 5.26. The zero-order valence-electron chi connectivity index (χ0n) is 16.1. The largest absolute Gasteiger partial charge is 0.394 e. The Morgan fingerprint density at radius 3 is 2.54 bits per heavy atom. The average molecular weight is 388 g/mol. The number of aryl methyl sites for hydroxylation is 1. The highest BCUT2D eigenvalue weighted by Crippen LogP contribution is 2.42. The number of benzene rings is 1. The molecule has 2 aliphatic rings. The summed E-state index contributed by atoms with van der Waals surface area (Å²) in [6.07, 6.45) is -1.04. The molecule has 2 aliphatic heterocycles. The van der Waals surface area contributed by atoms with Crippen LogP contribution in [0.2, 0.25) is 0 Å². The summed E-state index contributed by atoms with van der Waals surface area (Å²) in [7, 11) is 0. The first kappa shape index (κ1) is 19.1. The van der Waals surface area contributed by atoms with Crippen molar-refractivity contribution in [3.8, 4) is 0 Å². The van der Waals surface area contributed by atoms with Crippen molar-refractivity contribution < 1.29 is 19.3 Å². The predicted molar refractivity (Wildman–Crippen MR) is 100 cm³/mol. The van der Waals surface area contributed by atoms with Crippen molar-refractivity contribution >= 4 is 0 Å². The lowest BCUT2D eigenvalue weighted by atomic mass is 10.1. The molecule has 1 aromatic carbocycles. The Bertz CT molecular complexity index is 995. The van der Waals surface area contributed by atoms with Crippen LogP contribution in [0.25, 0.3) is 0 Å². The van der Waals surface area contributed by atoms with Gasteiger partial charge in [-0.2, -0.15) is 0 Å². The molecule has 28 heavy (non-hydrogen) atoms. The van der Waals surface area contributed by atoms with Crippen molar-refractivity contribution in [1.82, 2.24) is 9.13 Å². The van der Waals surface area contributed by atoms with Gasteiger partial charge in [0.1, 0.15) is 18.3 Å². The second-order valence-electron chi connectivity index (χ2n) is 7.67. The van der Waals surface area contributed by atoms with E-state index in [1.54, 1.807) is 13.8 Å². The van der Waals surface area contributed by atoms with E-state index in [2.05, 4.69) is 0 Å². The fraction of sp³-hybridized carbons (Fsp3) is 0.500. The molecule has 0 spiro atoms. The summed E-state index contributed by atoms with van der Waals surface area (Å²) >= 11 is 0. The molecule has 0 amide bonds. The van der Waals surface area contributed by atoms with Crippen LogP contribution in [0.3, 0.4) is 0 Å². The quantitative estimate of drug-likeness (QED) is 0.832. The molecule has 4 atom stereocenters. The van der Waals surface area contributed by atoms with E-state index in [9.17, 15) is 14.7 Å². The highest BCUT2D eigenvalue weighted by Gasteiger charge is 2.55. The van der Waals surface area contributed by atoms with Crippen LogP contribution < -0.4 is 11.2 Å². The van der Waals surface area contributed by atoms with Gasteiger partial charge in [-0.25, -0.2) is 4.79 Å². The second kappa shape index (κ2) is 6.97. The number of fused-ring (bicyclic) bond motifs is 1. The molecule has 1 N–H and O–H groups in total. The lowest BCUT2D eigenvalue weighted by molar-refractivity contribution is -0.200. The predicted octanol–water partition coefficient (Wildman–Crippen LogP) is 0.777. The number of hydrogen-bond donors (Lipinski definition) is 1. The topological polar surface area (TPSA) is 91.9 Å². The molecule has 4 rings (SSSR count). The Morgan fingerprint density at radius 2 is 1.82 bits per heavy atom. The lowest BCUT2D eigenvalue weighted by Crippen LogP contribution is -2.43. The van der Waals surface area contributed by atoms with Gasteiger partial charge in [-0.15, -0.1) is 0 Å². The van der Waals surface area contributed by atoms with Gasteiger partial charge in [0.05, 0.1) is 13.2 Å². The molecule has 2 saturated heterocycles. The summed E-state index contributed by atoms with van der Waals surface area (Å²) in [4.78, 5) is 25.5. The van der Waals surface area contributed by atoms with E-state index in [1.165, 1.54) is 21.4 Å². The van der Waals surface area contributed by atoms with Gasteiger partial charge >= 0.3 is 5.69 Å². The fourth-order valence-corrected chi connectivity index (χ4v) is 3.86. The van der Waals surface area contributed by atoms with Gasteiger partial charge in [-0.3, -0.25) is 13.9 Å². The summed E-state index contributed by atoms with van der Waals surface area (Å²) in [5, 5.41) is 9.64. The van der Waals surface area contributed by atoms with E-state index < -0.39 is 36.0 Å². The molecular weight excluding hydrogens is 364 g/mol. The molecule has 0 bridgehead atoms. The van der Waals surface area contributed by atoms with Crippen molar-refractivity contribution in [1.29, 1.82) is 0 Å². The molecule has 2 aromatic rings. The number of rotatable bonds is 4. The van der Waals surface area contributed by atoms with Gasteiger partial charge < -0.3 is 19.3 Å². The van der Waals surface area contributed by atoms with Gasteiger partial charge in [0.15, 0.2) is 12.0 Å². The molecular formula is C20H24N2O6. The SMILES string of the molecule is Cc1ccccc1Cn1c(=O)ccn([C@@H]2O[C@H](CO)[C@H]3OC(C)(C)O[C@H]32)c1=O. The number of hydrogen-bond acceptors (Lipinski definition) is 6. The summed E-state index contributed by atoms with van der Waals surface area (Å²) in [5.41, 5.74) is 1.00. The van der Waals surface area contributed by atoms with E-state index >= 15 is 0 Å². The zero-order chi connectivity index (χ0) is 20.1. The van der Waals surface area contributed by atoms with Crippen molar-refractivity contribution in [3.05, 3.63) is 68.5 Å². The van der Waals surface area contributed by atoms with E-state index in [-0.39, 0.29) is 18.7 Å². The number of nitrogens with zero attached hydrogens (tertiary/aromatic N) is 2. The minimum Gasteiger partial charge on any atom is -0.394 e. The van der Waals surface area contributed by atoms with Gasteiger partial charge in [0.2, 0.25) is 0 Å². The normalized spacial score (nSPS) is 28.4. The highest BCUT2D eigenvalue weighted by atomic mass is 16.8. The van der Waals surface area contributed by atoms with Crippen LogP contribution in [0.4, 0.5) is 0 Å². The molecule has 3 heterocycles. The second-order valence-corrected chi connectivity index (χ2v) is 7.67. The summed E-state index contributed by atoms with van der Waals surface area (Å²) < 4.78 is 20.1. The van der Waals surface area contributed by atoms with Crippen LogP contribution in [0.15, 0.2) is 46.1 Å². The van der Waals surface area contributed by atoms with E-state index in [0.717, 1.165) is 11.1 Å². The minimum absolute atomic E-state index is 0.165. The molecule has 2 fully saturated rings. The Kier molecular flexibility index (Phi) is 4.75. The van der Waals surface area contributed by atoms with E-state index in [1.807, 2.05) is 31.2 Å². The molecule has 0 aliphatic carbocycles. The maximum Gasteiger partial charge on any atom is 0.333 e. The van der Waals surface area contributed by atoms with Gasteiger partial charge in [-0.1, -0.05) is 24.3 Å². The smallest absolute Gasteiger partial charge is 0.333 e. The van der Waals surface area contributed by atoms with Crippen molar-refractivity contribution in [2.45, 2.75) is 57.6 Å². The van der Waals surface area contributed by atoms with E-state index in [4.69, 9.17) is 14.2 Å². The van der Waals surface area contributed by atoms with Crippen molar-refractivity contribution in [2.24, 2.45) is 0 Å².